The number of aromatic nitrogens is 1. The van der Waals surface area contributed by atoms with E-state index in [0.29, 0.717) is 5.75 Å². The van der Waals surface area contributed by atoms with Gasteiger partial charge >= 0.3 is 5.97 Å². The molecular formula is C18H20N2O5S. The van der Waals surface area contributed by atoms with Crippen molar-refractivity contribution in [3.63, 3.8) is 0 Å². The van der Waals surface area contributed by atoms with E-state index >= 15 is 0 Å². The molecule has 26 heavy (non-hydrogen) atoms. The lowest BCUT2D eigenvalue weighted by Crippen LogP contribution is -2.32. The van der Waals surface area contributed by atoms with E-state index in [1.54, 1.807) is 6.92 Å². The molecule has 2 rings (SSSR count). The van der Waals surface area contributed by atoms with Crippen LogP contribution in [-0.2, 0) is 9.53 Å². The summed E-state index contributed by atoms with van der Waals surface area (Å²) < 4.78 is 15.8. The Hall–Kier alpha value is -2.87. The van der Waals surface area contributed by atoms with E-state index in [-0.39, 0.29) is 41.4 Å². The first kappa shape index (κ1) is 19.5. The van der Waals surface area contributed by atoms with E-state index in [9.17, 15) is 9.90 Å². The van der Waals surface area contributed by atoms with E-state index in [2.05, 4.69) is 10.3 Å². The van der Waals surface area contributed by atoms with Crippen LogP contribution in [-0.4, -0.2) is 47.4 Å². The molecule has 1 aromatic heterocycles. The van der Waals surface area contributed by atoms with Gasteiger partial charge in [-0.1, -0.05) is 30.4 Å². The van der Waals surface area contributed by atoms with Crippen LogP contribution in [0.1, 0.15) is 12.6 Å². The Morgan fingerprint density at radius 3 is 2.73 bits per heavy atom. The van der Waals surface area contributed by atoms with Crippen molar-refractivity contribution in [3.8, 4) is 17.2 Å². The number of nitrogens with zero attached hydrogens (tertiary/aromatic N) is 1. The smallest absolute Gasteiger partial charge is 0.325 e. The summed E-state index contributed by atoms with van der Waals surface area (Å²) in [7, 11) is 1.42. The van der Waals surface area contributed by atoms with Crippen LogP contribution in [0, 0.1) is 0 Å². The van der Waals surface area contributed by atoms with Crippen LogP contribution in [0.25, 0.3) is 0 Å². The molecule has 0 aliphatic heterocycles. The van der Waals surface area contributed by atoms with Gasteiger partial charge in [0.1, 0.15) is 35.7 Å². The van der Waals surface area contributed by atoms with Gasteiger partial charge in [0.15, 0.2) is 11.5 Å². The van der Waals surface area contributed by atoms with Crippen LogP contribution in [0.4, 0.5) is 0 Å². The third kappa shape index (κ3) is 5.59. The lowest BCUT2D eigenvalue weighted by molar-refractivity contribution is -0.144. The Kier molecular flexibility index (Phi) is 7.16. The molecule has 0 saturated carbocycles. The van der Waals surface area contributed by atoms with Crippen molar-refractivity contribution in [2.24, 2.45) is 0 Å². The van der Waals surface area contributed by atoms with Crippen molar-refractivity contribution in [2.75, 3.05) is 20.3 Å². The molecule has 0 unspecified atom stereocenters. The number of aromatic hydroxyl groups is 1. The van der Waals surface area contributed by atoms with Gasteiger partial charge in [0.2, 0.25) is 0 Å². The maximum Gasteiger partial charge on any atom is 0.325 e. The summed E-state index contributed by atoms with van der Waals surface area (Å²) in [6.45, 7) is 1.75. The minimum absolute atomic E-state index is 0.102. The van der Waals surface area contributed by atoms with Gasteiger partial charge in [0.05, 0.1) is 7.11 Å². The molecule has 0 aliphatic carbocycles. The lowest BCUT2D eigenvalue weighted by atomic mass is 10.3. The first-order valence-corrected chi connectivity index (χ1v) is 8.29. The van der Waals surface area contributed by atoms with Gasteiger partial charge in [-0.3, -0.25) is 4.79 Å². The highest BCUT2D eigenvalue weighted by atomic mass is 32.1. The third-order valence-corrected chi connectivity index (χ3v) is 3.61. The predicted octanol–water partition coefficient (Wildman–Crippen LogP) is 2.07. The highest BCUT2D eigenvalue weighted by molar-refractivity contribution is 7.80. The van der Waals surface area contributed by atoms with E-state index in [4.69, 9.17) is 26.4 Å². The van der Waals surface area contributed by atoms with Gasteiger partial charge in [-0.05, 0) is 19.1 Å². The summed E-state index contributed by atoms with van der Waals surface area (Å²) in [4.78, 5) is 15.9. The van der Waals surface area contributed by atoms with Crippen LogP contribution in [0.3, 0.4) is 0 Å². The second-order valence-electron chi connectivity index (χ2n) is 5.32. The molecule has 0 amide bonds. The Bertz CT molecular complexity index is 755. The predicted molar refractivity (Wildman–Crippen MR) is 99.6 cm³/mol. The number of hydrogen-bond donors (Lipinski definition) is 2. The quantitative estimate of drug-likeness (QED) is 0.535. The SMILES string of the molecule is COc1ccnc(C(=S)NCC(=O)OC[C@H](C)Oc2ccccc2)c1O. The molecule has 0 radical (unpaired) electrons. The number of methoxy groups -OCH3 is 1. The van der Waals surface area contributed by atoms with E-state index < -0.39 is 5.97 Å². The zero-order valence-corrected chi connectivity index (χ0v) is 15.3. The molecule has 2 N–H and O–H groups in total. The lowest BCUT2D eigenvalue weighted by Gasteiger charge is -2.15. The van der Waals surface area contributed by atoms with Crippen molar-refractivity contribution in [3.05, 3.63) is 48.3 Å². The number of ether oxygens (including phenoxy) is 3. The number of nitrogens with one attached hydrogen (secondary N) is 1. The molecule has 0 saturated heterocycles. The van der Waals surface area contributed by atoms with Gasteiger partial charge in [-0.2, -0.15) is 0 Å². The van der Waals surface area contributed by atoms with Crippen LogP contribution >= 0.6 is 12.2 Å². The fraction of sp³-hybridized carbons (Fsp3) is 0.278. The molecule has 138 valence electrons. The maximum atomic E-state index is 11.8. The van der Waals surface area contributed by atoms with E-state index in [1.807, 2.05) is 30.3 Å². The van der Waals surface area contributed by atoms with Crippen LogP contribution < -0.4 is 14.8 Å². The molecule has 2 aromatic rings. The first-order valence-electron chi connectivity index (χ1n) is 7.88. The minimum Gasteiger partial charge on any atom is -0.503 e. The normalized spacial score (nSPS) is 11.3. The van der Waals surface area contributed by atoms with E-state index in [0.717, 1.165) is 0 Å². The summed E-state index contributed by atoms with van der Waals surface area (Å²) in [6.07, 6.45) is 1.15. The molecule has 0 fully saturated rings. The molecule has 1 aromatic carbocycles. The summed E-state index contributed by atoms with van der Waals surface area (Å²) in [5.74, 6) is 0.257. The van der Waals surface area contributed by atoms with Crippen molar-refractivity contribution in [1.82, 2.24) is 10.3 Å². The molecule has 1 atom stereocenters. The zero-order chi connectivity index (χ0) is 18.9. The third-order valence-electron chi connectivity index (χ3n) is 3.28. The molecule has 0 spiro atoms. The highest BCUT2D eigenvalue weighted by Gasteiger charge is 2.15. The number of benzene rings is 1. The minimum atomic E-state index is -0.502. The average molecular weight is 376 g/mol. The molecule has 0 bridgehead atoms. The van der Waals surface area contributed by atoms with Crippen molar-refractivity contribution < 1.29 is 24.1 Å². The molecule has 7 nitrogen and oxygen atoms in total. The number of para-hydroxylation sites is 1. The van der Waals surface area contributed by atoms with E-state index in [1.165, 1.54) is 19.4 Å². The van der Waals surface area contributed by atoms with Crippen LogP contribution in [0.15, 0.2) is 42.6 Å². The molecule has 0 aliphatic rings. The zero-order valence-electron chi connectivity index (χ0n) is 14.5. The molecule has 8 heteroatoms. The van der Waals surface area contributed by atoms with Gasteiger partial charge in [0, 0.05) is 12.3 Å². The Labute approximate surface area is 156 Å². The van der Waals surface area contributed by atoms with Crippen molar-refractivity contribution in [1.29, 1.82) is 0 Å². The summed E-state index contributed by atoms with van der Waals surface area (Å²) in [5, 5.41) is 12.7. The van der Waals surface area contributed by atoms with Gasteiger partial charge in [0.25, 0.3) is 0 Å². The van der Waals surface area contributed by atoms with Gasteiger partial charge in [-0.25, -0.2) is 4.98 Å². The second kappa shape index (κ2) is 9.57. The summed E-state index contributed by atoms with van der Waals surface area (Å²) in [6, 6.07) is 10.8. The van der Waals surface area contributed by atoms with Crippen LogP contribution in [0.2, 0.25) is 0 Å². The van der Waals surface area contributed by atoms with Crippen molar-refractivity contribution >= 4 is 23.2 Å². The monoisotopic (exact) mass is 376 g/mol. The number of carbonyl (C=O) groups excluding carboxylic acids is 1. The number of thiocarbonyl (C=S) groups is 1. The van der Waals surface area contributed by atoms with Gasteiger partial charge in [-0.15, -0.1) is 0 Å². The average Bonchev–Trinajstić information content (AvgIpc) is 2.65. The number of carbonyl (C=O) groups is 1. The number of rotatable bonds is 8. The van der Waals surface area contributed by atoms with Crippen molar-refractivity contribution in [2.45, 2.75) is 13.0 Å². The fourth-order valence-electron chi connectivity index (χ4n) is 2.03. The topological polar surface area (TPSA) is 89.9 Å². The maximum absolute atomic E-state index is 11.8. The van der Waals surface area contributed by atoms with Gasteiger partial charge < -0.3 is 24.6 Å². The first-order chi connectivity index (χ1) is 12.5. The standard InChI is InChI=1S/C18H20N2O5S/c1-12(25-13-6-4-3-5-7-13)11-24-15(21)10-20-18(26)16-17(22)14(23-2)8-9-19-16/h3-9,12,22H,10-11H2,1-2H3,(H,20,26)/t12-/m0/s1. The molecule has 1 heterocycles. The Balaban J connectivity index is 1.77. The van der Waals surface area contributed by atoms with Crippen LogP contribution in [0.5, 0.6) is 17.2 Å². The number of pyridine rings is 1. The number of esters is 1. The fourth-order valence-corrected chi connectivity index (χ4v) is 2.25. The Morgan fingerprint density at radius 2 is 2.04 bits per heavy atom. The molecular weight excluding hydrogens is 356 g/mol. The summed E-state index contributed by atoms with van der Waals surface area (Å²) in [5.41, 5.74) is 0.132. The highest BCUT2D eigenvalue weighted by Crippen LogP contribution is 2.27. The summed E-state index contributed by atoms with van der Waals surface area (Å²) >= 11 is 5.13. The number of hydrogen-bond acceptors (Lipinski definition) is 7. The largest absolute Gasteiger partial charge is 0.503 e. The second-order valence-corrected chi connectivity index (χ2v) is 5.73. The Morgan fingerprint density at radius 1 is 1.31 bits per heavy atom.